The molecule has 22 nitrogen and oxygen atoms in total. The molecule has 4 aliphatic carbocycles. The summed E-state index contributed by atoms with van der Waals surface area (Å²) in [6.07, 6.45) is -23.4. The van der Waals surface area contributed by atoms with Crippen LogP contribution in [-0.2, 0) is 37.9 Å². The van der Waals surface area contributed by atoms with Crippen molar-refractivity contribution in [3.05, 3.63) is 11.6 Å². The first kappa shape index (κ1) is 60.0. The Labute approximate surface area is 439 Å². The zero-order valence-electron chi connectivity index (χ0n) is 44.7. The zero-order chi connectivity index (χ0) is 55.0. The van der Waals surface area contributed by atoms with Gasteiger partial charge in [0.1, 0.15) is 91.6 Å². The molecule has 75 heavy (non-hydrogen) atoms. The summed E-state index contributed by atoms with van der Waals surface area (Å²) in [4.78, 5) is 0. The van der Waals surface area contributed by atoms with Crippen LogP contribution in [0.2, 0.25) is 0 Å². The van der Waals surface area contributed by atoms with Gasteiger partial charge < -0.3 is 109 Å². The van der Waals surface area contributed by atoms with Gasteiger partial charge in [-0.2, -0.15) is 0 Å². The SMILES string of the molecule is CC(C)=CCCC(C)(O[C@@H]1O[C@H](CO[C@@H]2O[C@@H](C)[C@@H](O)[C@@H](O)[C@H]2O)[C@@H](O)[C@H](O)[C@H]1O)C1CCC2(C)C1C(O)CC1C3CCC(O[C@@H]4O[C@H](CO)[C@@H](O)[C@H](O)[C@H]4O[C@@H]4O[C@H](CO)[C@@H](O)[C@H](O)[C@H]4O)C(C)(C)C3CCC12C. The van der Waals surface area contributed by atoms with Crippen LogP contribution in [0.3, 0.4) is 0 Å². The number of fused-ring (bicyclic) bond motifs is 5. The summed E-state index contributed by atoms with van der Waals surface area (Å²) in [5.41, 5.74) is -1.07. The van der Waals surface area contributed by atoms with E-state index in [9.17, 15) is 71.5 Å². The Morgan fingerprint density at radius 2 is 1.15 bits per heavy atom. The van der Waals surface area contributed by atoms with Crippen molar-refractivity contribution in [2.24, 2.45) is 45.8 Å². The van der Waals surface area contributed by atoms with Crippen LogP contribution in [0.15, 0.2) is 11.6 Å². The molecule has 0 radical (unpaired) electrons. The predicted molar refractivity (Wildman–Crippen MR) is 260 cm³/mol. The average molecular weight is 1080 g/mol. The number of hydrogen-bond acceptors (Lipinski definition) is 22. The molecule has 10 unspecified atom stereocenters. The van der Waals surface area contributed by atoms with E-state index in [2.05, 4.69) is 33.8 Å². The first-order chi connectivity index (χ1) is 35.1. The molecule has 8 rings (SSSR count). The highest BCUT2D eigenvalue weighted by Gasteiger charge is 2.70. The monoisotopic (exact) mass is 1080 g/mol. The molecule has 0 aromatic carbocycles. The van der Waals surface area contributed by atoms with E-state index in [1.54, 1.807) is 0 Å². The molecule has 8 fully saturated rings. The van der Waals surface area contributed by atoms with Crippen LogP contribution in [0.4, 0.5) is 0 Å². The lowest BCUT2D eigenvalue weighted by Crippen LogP contribution is -2.66. The van der Waals surface area contributed by atoms with E-state index in [1.807, 2.05) is 20.8 Å². The van der Waals surface area contributed by atoms with Crippen LogP contribution in [0.5, 0.6) is 0 Å². The fourth-order valence-electron chi connectivity index (χ4n) is 15.5. The maximum absolute atomic E-state index is 12.7. The molecule has 4 saturated carbocycles. The number of hydrogen-bond donors (Lipinski definition) is 14. The van der Waals surface area contributed by atoms with Crippen LogP contribution in [0.25, 0.3) is 0 Å². The van der Waals surface area contributed by atoms with Crippen LogP contribution >= 0.6 is 0 Å². The molecule has 14 N–H and O–H groups in total. The van der Waals surface area contributed by atoms with Crippen molar-refractivity contribution in [3.8, 4) is 0 Å². The third kappa shape index (κ3) is 10.8. The second kappa shape index (κ2) is 23.0. The van der Waals surface area contributed by atoms with E-state index in [0.29, 0.717) is 32.1 Å². The number of ether oxygens (including phenoxy) is 8. The fourth-order valence-corrected chi connectivity index (χ4v) is 15.5. The van der Waals surface area contributed by atoms with E-state index < -0.39 is 166 Å². The lowest BCUT2D eigenvalue weighted by Gasteiger charge is -2.67. The van der Waals surface area contributed by atoms with Gasteiger partial charge in [0.15, 0.2) is 25.2 Å². The standard InChI is InChI=1S/C53H90O22/c1-22(2)10-9-15-53(8,75-48-44(67)40(63)37(60)31(72-48)21-68-46-42(65)38(61)34(57)23(3)69-46)26-14-17-52(7)33(26)28(56)18-27-24-11-12-32(50(4,5)25(24)13-16-51(27,52)6)73-49-45(41(64)36(59)30(20-55)71-49)74-47-43(66)39(62)35(58)29(19-54)70-47/h10,23-49,54-67H,9,11-21H2,1-8H3/t23-,24?,25?,26?,27?,28?,29+,30+,31+,32?,33?,34+,35+,36+,37+,38+,39-,40-,41-,42+,43+,44+,45+,46+,47-,48-,49-,51?,52?,53?/m0/s1. The van der Waals surface area contributed by atoms with Gasteiger partial charge in [-0.1, -0.05) is 39.3 Å². The molecule has 0 aromatic rings. The highest BCUT2D eigenvalue weighted by atomic mass is 16.8. The van der Waals surface area contributed by atoms with E-state index in [4.69, 9.17) is 37.9 Å². The predicted octanol–water partition coefficient (Wildman–Crippen LogP) is -1.57. The maximum Gasteiger partial charge on any atom is 0.187 e. The van der Waals surface area contributed by atoms with Gasteiger partial charge >= 0.3 is 0 Å². The first-order valence-corrected chi connectivity index (χ1v) is 27.4. The van der Waals surface area contributed by atoms with Gasteiger partial charge in [-0.05, 0) is 131 Å². The molecule has 4 saturated heterocycles. The zero-order valence-corrected chi connectivity index (χ0v) is 44.7. The molecule has 0 amide bonds. The van der Waals surface area contributed by atoms with Crippen molar-refractivity contribution in [2.45, 2.75) is 254 Å². The minimum atomic E-state index is -1.81. The van der Waals surface area contributed by atoms with Crippen LogP contribution in [0, 0.1) is 45.8 Å². The minimum Gasteiger partial charge on any atom is -0.394 e. The van der Waals surface area contributed by atoms with Crippen molar-refractivity contribution in [1.82, 2.24) is 0 Å². The van der Waals surface area contributed by atoms with Crippen molar-refractivity contribution in [1.29, 1.82) is 0 Å². The highest BCUT2D eigenvalue weighted by Crippen LogP contribution is 2.73. The van der Waals surface area contributed by atoms with E-state index in [0.717, 1.165) is 31.3 Å². The van der Waals surface area contributed by atoms with Gasteiger partial charge in [-0.25, -0.2) is 0 Å². The summed E-state index contributed by atoms with van der Waals surface area (Å²) in [5, 5.41) is 152. The van der Waals surface area contributed by atoms with Crippen molar-refractivity contribution in [2.75, 3.05) is 19.8 Å². The molecule has 4 aliphatic heterocycles. The average Bonchev–Trinajstić information content (AvgIpc) is 3.76. The third-order valence-corrected chi connectivity index (χ3v) is 20.3. The summed E-state index contributed by atoms with van der Waals surface area (Å²) < 4.78 is 49.0. The molecular weight excluding hydrogens is 989 g/mol. The second-order valence-corrected chi connectivity index (χ2v) is 25.0. The first-order valence-electron chi connectivity index (χ1n) is 27.4. The van der Waals surface area contributed by atoms with E-state index in [-0.39, 0.29) is 40.4 Å². The summed E-state index contributed by atoms with van der Waals surface area (Å²) in [6, 6.07) is 0. The Morgan fingerprint density at radius 3 is 1.79 bits per heavy atom. The molecule has 4 heterocycles. The second-order valence-electron chi connectivity index (χ2n) is 25.0. The number of rotatable bonds is 15. The van der Waals surface area contributed by atoms with E-state index in [1.165, 1.54) is 6.92 Å². The molecule has 30 atom stereocenters. The largest absolute Gasteiger partial charge is 0.394 e. The Hall–Kier alpha value is -1.14. The van der Waals surface area contributed by atoms with Crippen LogP contribution < -0.4 is 0 Å². The van der Waals surface area contributed by atoms with Gasteiger partial charge in [0.25, 0.3) is 0 Å². The Balaban J connectivity index is 0.993. The van der Waals surface area contributed by atoms with Crippen LogP contribution in [-0.4, -0.2) is 232 Å². The van der Waals surface area contributed by atoms with Gasteiger partial charge in [0.2, 0.25) is 0 Å². The summed E-state index contributed by atoms with van der Waals surface area (Å²) in [5.74, 6) is -0.0990. The Morgan fingerprint density at radius 1 is 0.587 bits per heavy atom. The van der Waals surface area contributed by atoms with Gasteiger partial charge in [-0.15, -0.1) is 0 Å². The quantitative estimate of drug-likeness (QED) is 0.0651. The van der Waals surface area contributed by atoms with E-state index >= 15 is 0 Å². The molecule has 0 spiro atoms. The van der Waals surface area contributed by atoms with Gasteiger partial charge in [0.05, 0.1) is 43.7 Å². The van der Waals surface area contributed by atoms with Gasteiger partial charge in [-0.3, -0.25) is 0 Å². The van der Waals surface area contributed by atoms with Crippen molar-refractivity contribution in [3.63, 3.8) is 0 Å². The topological polar surface area (TPSA) is 357 Å². The smallest absolute Gasteiger partial charge is 0.187 e. The molecular formula is C53H90O22. The summed E-state index contributed by atoms with van der Waals surface area (Å²) in [6.45, 7) is 14.6. The lowest BCUT2D eigenvalue weighted by molar-refractivity contribution is -0.377. The summed E-state index contributed by atoms with van der Waals surface area (Å²) in [7, 11) is 0. The molecule has 22 heteroatoms. The van der Waals surface area contributed by atoms with Crippen molar-refractivity contribution >= 4 is 0 Å². The highest BCUT2D eigenvalue weighted by molar-refractivity contribution is 5.18. The van der Waals surface area contributed by atoms with Crippen LogP contribution in [0.1, 0.15) is 113 Å². The molecule has 434 valence electrons. The third-order valence-electron chi connectivity index (χ3n) is 20.3. The van der Waals surface area contributed by atoms with Crippen molar-refractivity contribution < 1.29 is 109 Å². The summed E-state index contributed by atoms with van der Waals surface area (Å²) >= 11 is 0. The Bertz CT molecular complexity index is 1930. The molecule has 0 bridgehead atoms. The lowest BCUT2D eigenvalue weighted by atomic mass is 9.39. The van der Waals surface area contributed by atoms with Gasteiger partial charge in [0, 0.05) is 0 Å². The fraction of sp³-hybridized carbons (Fsp3) is 0.962. The molecule has 0 aromatic heterocycles. The number of allylic oxidation sites excluding steroid dienone is 2. The molecule has 8 aliphatic rings. The Kier molecular flexibility index (Phi) is 18.4. The number of aliphatic hydroxyl groups excluding tert-OH is 14. The number of aliphatic hydroxyl groups is 14. The minimum absolute atomic E-state index is 0.103. The maximum atomic E-state index is 12.7. The normalized spacial score (nSPS) is 52.7.